The Kier molecular flexibility index (Phi) is 6.40. The molecular weight excluding hydrogens is 264 g/mol. The first-order valence-electron chi connectivity index (χ1n) is 7.76. The molecule has 0 saturated heterocycles. The lowest BCUT2D eigenvalue weighted by Gasteiger charge is -2.23. The number of aromatic nitrogens is 2. The third kappa shape index (κ3) is 6.29. The van der Waals surface area contributed by atoms with Crippen LogP contribution < -0.4 is 15.8 Å². The molecule has 120 valence electrons. The molecule has 0 fully saturated rings. The number of hydrogen-bond donors (Lipinski definition) is 1. The molecule has 1 rings (SSSR count). The van der Waals surface area contributed by atoms with Crippen LogP contribution in [-0.2, 0) is 6.54 Å². The van der Waals surface area contributed by atoms with Crippen molar-refractivity contribution in [1.82, 2.24) is 15.1 Å². The van der Waals surface area contributed by atoms with Crippen LogP contribution in [0.1, 0.15) is 41.0 Å². The summed E-state index contributed by atoms with van der Waals surface area (Å²) in [7, 11) is 1.99. The normalized spacial score (nSPS) is 13.2. The van der Waals surface area contributed by atoms with Gasteiger partial charge in [0.25, 0.3) is 5.56 Å². The van der Waals surface area contributed by atoms with Crippen LogP contribution in [0.3, 0.4) is 0 Å². The molecule has 1 atom stereocenters. The van der Waals surface area contributed by atoms with Gasteiger partial charge in [0, 0.05) is 31.7 Å². The van der Waals surface area contributed by atoms with Gasteiger partial charge >= 0.3 is 0 Å². The third-order valence-electron chi connectivity index (χ3n) is 3.32. The van der Waals surface area contributed by atoms with Crippen LogP contribution in [0.25, 0.3) is 0 Å². The monoisotopic (exact) mass is 294 g/mol. The second-order valence-corrected chi connectivity index (χ2v) is 6.89. The number of nitrogens with one attached hydrogen (secondary N) is 1. The summed E-state index contributed by atoms with van der Waals surface area (Å²) in [6.07, 6.45) is 2.83. The Labute approximate surface area is 128 Å². The van der Waals surface area contributed by atoms with Crippen LogP contribution in [0.4, 0.5) is 5.69 Å². The molecule has 0 radical (unpaired) electrons. The Morgan fingerprint density at radius 1 is 1.43 bits per heavy atom. The first kappa shape index (κ1) is 17.7. The van der Waals surface area contributed by atoms with E-state index in [2.05, 4.69) is 49.9 Å². The molecule has 21 heavy (non-hydrogen) atoms. The van der Waals surface area contributed by atoms with E-state index in [9.17, 15) is 4.79 Å². The minimum Gasteiger partial charge on any atom is -0.373 e. The quantitative estimate of drug-likeness (QED) is 0.837. The zero-order valence-electron chi connectivity index (χ0n) is 14.3. The predicted molar refractivity (Wildman–Crippen MR) is 89.0 cm³/mol. The van der Waals surface area contributed by atoms with E-state index in [0.29, 0.717) is 12.5 Å². The zero-order chi connectivity index (χ0) is 16.0. The van der Waals surface area contributed by atoms with Crippen LogP contribution >= 0.6 is 0 Å². The van der Waals surface area contributed by atoms with Gasteiger partial charge in [0.05, 0.1) is 11.9 Å². The Bertz CT molecular complexity index is 490. The SMILES string of the molecule is CCCN(C)c1cnn(CC(C)CNC(C)(C)C)c(=O)c1. The Balaban J connectivity index is 2.66. The summed E-state index contributed by atoms with van der Waals surface area (Å²) in [6.45, 7) is 13.1. The van der Waals surface area contributed by atoms with Gasteiger partial charge in [-0.3, -0.25) is 4.79 Å². The first-order chi connectivity index (χ1) is 9.73. The fourth-order valence-corrected chi connectivity index (χ4v) is 2.07. The maximum atomic E-state index is 12.1. The third-order valence-corrected chi connectivity index (χ3v) is 3.32. The van der Waals surface area contributed by atoms with Gasteiger partial charge in [0.15, 0.2) is 0 Å². The van der Waals surface area contributed by atoms with Gasteiger partial charge in [-0.2, -0.15) is 5.10 Å². The van der Waals surface area contributed by atoms with Crippen molar-refractivity contribution in [1.29, 1.82) is 0 Å². The lowest BCUT2D eigenvalue weighted by Crippen LogP contribution is -2.40. The highest BCUT2D eigenvalue weighted by Gasteiger charge is 2.12. The lowest BCUT2D eigenvalue weighted by molar-refractivity contribution is 0.347. The van der Waals surface area contributed by atoms with Gasteiger partial charge in [0.1, 0.15) is 0 Å². The number of rotatable bonds is 7. The smallest absolute Gasteiger partial charge is 0.268 e. The van der Waals surface area contributed by atoms with Crippen LogP contribution in [0, 0.1) is 5.92 Å². The average Bonchev–Trinajstić information content (AvgIpc) is 2.38. The molecule has 0 aliphatic heterocycles. The van der Waals surface area contributed by atoms with Crippen LogP contribution in [-0.4, -0.2) is 35.5 Å². The summed E-state index contributed by atoms with van der Waals surface area (Å²) >= 11 is 0. The molecule has 0 bridgehead atoms. The van der Waals surface area contributed by atoms with E-state index in [1.54, 1.807) is 16.9 Å². The standard InChI is InChI=1S/C16H30N4O/c1-7-8-19(6)14-9-15(21)20(18-11-14)12-13(2)10-17-16(3,4)5/h9,11,13,17H,7-8,10,12H2,1-6H3. The van der Waals surface area contributed by atoms with Crippen LogP contribution in [0.5, 0.6) is 0 Å². The van der Waals surface area contributed by atoms with Gasteiger partial charge in [-0.15, -0.1) is 0 Å². The lowest BCUT2D eigenvalue weighted by atomic mass is 10.1. The number of anilines is 1. The van der Waals surface area contributed by atoms with Gasteiger partial charge in [-0.25, -0.2) is 4.68 Å². The molecule has 5 nitrogen and oxygen atoms in total. The molecule has 5 heteroatoms. The van der Waals surface area contributed by atoms with Crippen molar-refractivity contribution in [3.8, 4) is 0 Å². The van der Waals surface area contributed by atoms with Crippen LogP contribution in [0.15, 0.2) is 17.1 Å². The molecule has 0 aliphatic rings. The highest BCUT2D eigenvalue weighted by atomic mass is 16.1. The number of nitrogens with zero attached hydrogens (tertiary/aromatic N) is 3. The van der Waals surface area contributed by atoms with Crippen molar-refractivity contribution >= 4 is 5.69 Å². The minimum atomic E-state index is -0.0296. The van der Waals surface area contributed by atoms with Crippen molar-refractivity contribution in [2.75, 3.05) is 25.0 Å². The summed E-state index contributed by atoms with van der Waals surface area (Å²) < 4.78 is 1.55. The number of hydrogen-bond acceptors (Lipinski definition) is 4. The molecule has 1 heterocycles. The summed E-state index contributed by atoms with van der Waals surface area (Å²) in [6, 6.07) is 1.67. The summed E-state index contributed by atoms with van der Waals surface area (Å²) in [4.78, 5) is 14.2. The Morgan fingerprint density at radius 3 is 2.62 bits per heavy atom. The van der Waals surface area contributed by atoms with E-state index in [0.717, 1.165) is 25.2 Å². The highest BCUT2D eigenvalue weighted by molar-refractivity contribution is 5.41. The summed E-state index contributed by atoms with van der Waals surface area (Å²) in [5.41, 5.74) is 0.955. The molecule has 1 aromatic rings. The minimum absolute atomic E-state index is 0.0296. The van der Waals surface area contributed by atoms with Gasteiger partial charge in [-0.1, -0.05) is 13.8 Å². The molecule has 1 aromatic heterocycles. The van der Waals surface area contributed by atoms with E-state index < -0.39 is 0 Å². The van der Waals surface area contributed by atoms with Crippen molar-refractivity contribution in [3.63, 3.8) is 0 Å². The summed E-state index contributed by atoms with van der Waals surface area (Å²) in [5.74, 6) is 0.355. The largest absolute Gasteiger partial charge is 0.373 e. The van der Waals surface area contributed by atoms with Crippen molar-refractivity contribution in [3.05, 3.63) is 22.6 Å². The van der Waals surface area contributed by atoms with E-state index in [4.69, 9.17) is 0 Å². The fourth-order valence-electron chi connectivity index (χ4n) is 2.07. The second-order valence-electron chi connectivity index (χ2n) is 6.89. The van der Waals surface area contributed by atoms with Gasteiger partial charge in [0.2, 0.25) is 0 Å². The molecule has 0 aliphatic carbocycles. The van der Waals surface area contributed by atoms with Crippen molar-refractivity contribution in [2.45, 2.75) is 53.1 Å². The van der Waals surface area contributed by atoms with E-state index >= 15 is 0 Å². The maximum Gasteiger partial charge on any atom is 0.268 e. The van der Waals surface area contributed by atoms with Crippen LogP contribution in [0.2, 0.25) is 0 Å². The molecule has 0 aromatic carbocycles. The van der Waals surface area contributed by atoms with Gasteiger partial charge < -0.3 is 10.2 Å². The molecule has 0 saturated carbocycles. The zero-order valence-corrected chi connectivity index (χ0v) is 14.3. The molecular formula is C16H30N4O. The first-order valence-corrected chi connectivity index (χ1v) is 7.76. The topological polar surface area (TPSA) is 50.2 Å². The molecule has 0 spiro atoms. The predicted octanol–water partition coefficient (Wildman–Crippen LogP) is 2.11. The Morgan fingerprint density at radius 2 is 2.10 bits per heavy atom. The van der Waals surface area contributed by atoms with Crippen molar-refractivity contribution in [2.24, 2.45) is 5.92 Å². The molecule has 0 amide bonds. The van der Waals surface area contributed by atoms with E-state index in [1.165, 1.54) is 0 Å². The summed E-state index contributed by atoms with van der Waals surface area (Å²) in [5, 5.41) is 7.76. The van der Waals surface area contributed by atoms with E-state index in [-0.39, 0.29) is 11.1 Å². The second kappa shape index (κ2) is 7.59. The molecule has 1 N–H and O–H groups in total. The maximum absolute atomic E-state index is 12.1. The van der Waals surface area contributed by atoms with E-state index in [1.807, 2.05) is 7.05 Å². The fraction of sp³-hybridized carbons (Fsp3) is 0.750. The Hall–Kier alpha value is -1.36. The highest BCUT2D eigenvalue weighted by Crippen LogP contribution is 2.08. The average molecular weight is 294 g/mol. The van der Waals surface area contributed by atoms with Crippen molar-refractivity contribution < 1.29 is 0 Å². The van der Waals surface area contributed by atoms with Gasteiger partial charge in [-0.05, 0) is 39.7 Å². The molecule has 1 unspecified atom stereocenters.